The van der Waals surface area contributed by atoms with E-state index < -0.39 is 0 Å². The molecule has 0 radical (unpaired) electrons. The minimum absolute atomic E-state index is 0.0497. The Morgan fingerprint density at radius 2 is 2.29 bits per heavy atom. The predicted octanol–water partition coefficient (Wildman–Crippen LogP) is 2.85. The zero-order chi connectivity index (χ0) is 10.8. The Kier molecular flexibility index (Phi) is 3.14. The molecule has 0 heterocycles. The van der Waals surface area contributed by atoms with Crippen LogP contribution in [0.3, 0.4) is 0 Å². The molecule has 0 fully saturated rings. The number of allylic oxidation sites excluding steroid dienone is 3. The van der Waals surface area contributed by atoms with E-state index in [0.29, 0.717) is 0 Å². The summed E-state index contributed by atoms with van der Waals surface area (Å²) in [6, 6.07) is 0. The molecule has 1 unspecified atom stereocenters. The molecule has 0 bridgehead atoms. The lowest BCUT2D eigenvalue weighted by Gasteiger charge is -2.32. The van der Waals surface area contributed by atoms with Crippen molar-refractivity contribution in [1.29, 1.82) is 0 Å². The van der Waals surface area contributed by atoms with E-state index in [4.69, 9.17) is 4.74 Å². The van der Waals surface area contributed by atoms with Crippen LogP contribution in [-0.2, 0) is 9.53 Å². The van der Waals surface area contributed by atoms with Gasteiger partial charge in [0.15, 0.2) is 0 Å². The van der Waals surface area contributed by atoms with Gasteiger partial charge in [0.1, 0.15) is 0 Å². The second-order valence-corrected chi connectivity index (χ2v) is 4.07. The van der Waals surface area contributed by atoms with Crippen LogP contribution in [0.15, 0.2) is 23.3 Å². The first-order valence-corrected chi connectivity index (χ1v) is 5.01. The fourth-order valence-electron chi connectivity index (χ4n) is 1.99. The van der Waals surface area contributed by atoms with Gasteiger partial charge in [-0.05, 0) is 25.3 Å². The Morgan fingerprint density at radius 3 is 2.79 bits per heavy atom. The smallest absolute Gasteiger partial charge is 0.334 e. The predicted molar refractivity (Wildman–Crippen MR) is 56.9 cm³/mol. The Hall–Kier alpha value is -1.05. The maximum Gasteiger partial charge on any atom is 0.334 e. The van der Waals surface area contributed by atoms with Crippen LogP contribution < -0.4 is 0 Å². The maximum absolute atomic E-state index is 11.6. The van der Waals surface area contributed by atoms with E-state index in [1.54, 1.807) is 0 Å². The SMILES string of the molecule is CCC1(C)CC=CC(C)=C1C(=O)OC. The first-order valence-electron chi connectivity index (χ1n) is 5.01. The van der Waals surface area contributed by atoms with Gasteiger partial charge in [0.25, 0.3) is 0 Å². The van der Waals surface area contributed by atoms with Gasteiger partial charge in [-0.25, -0.2) is 4.79 Å². The van der Waals surface area contributed by atoms with Crippen molar-refractivity contribution in [1.82, 2.24) is 0 Å². The second-order valence-electron chi connectivity index (χ2n) is 4.07. The number of hydrogen-bond donors (Lipinski definition) is 0. The normalized spacial score (nSPS) is 26.6. The molecule has 78 valence electrons. The molecular weight excluding hydrogens is 176 g/mol. The minimum Gasteiger partial charge on any atom is -0.466 e. The monoisotopic (exact) mass is 194 g/mol. The summed E-state index contributed by atoms with van der Waals surface area (Å²) in [5, 5.41) is 0. The fraction of sp³-hybridized carbons (Fsp3) is 0.583. The van der Waals surface area contributed by atoms with E-state index in [1.807, 2.05) is 13.0 Å². The average molecular weight is 194 g/mol. The van der Waals surface area contributed by atoms with Gasteiger partial charge in [0.2, 0.25) is 0 Å². The molecule has 1 aliphatic carbocycles. The van der Waals surface area contributed by atoms with Gasteiger partial charge >= 0.3 is 5.97 Å². The average Bonchev–Trinajstić information content (AvgIpc) is 2.17. The third-order valence-corrected chi connectivity index (χ3v) is 3.10. The third-order valence-electron chi connectivity index (χ3n) is 3.10. The van der Waals surface area contributed by atoms with E-state index in [-0.39, 0.29) is 11.4 Å². The maximum atomic E-state index is 11.6. The molecule has 0 spiro atoms. The summed E-state index contributed by atoms with van der Waals surface area (Å²) < 4.78 is 4.83. The van der Waals surface area contributed by atoms with Gasteiger partial charge in [-0.15, -0.1) is 0 Å². The summed E-state index contributed by atoms with van der Waals surface area (Å²) in [6.45, 7) is 6.19. The lowest BCUT2D eigenvalue weighted by Crippen LogP contribution is -2.27. The summed E-state index contributed by atoms with van der Waals surface area (Å²) in [7, 11) is 1.44. The number of carbonyl (C=O) groups excluding carboxylic acids is 1. The van der Waals surface area contributed by atoms with Crippen molar-refractivity contribution in [3.8, 4) is 0 Å². The number of ether oxygens (including phenoxy) is 1. The lowest BCUT2D eigenvalue weighted by molar-refractivity contribution is -0.137. The van der Waals surface area contributed by atoms with Crippen molar-refractivity contribution in [2.24, 2.45) is 5.41 Å². The molecule has 1 aliphatic rings. The minimum atomic E-state index is -0.184. The van der Waals surface area contributed by atoms with Gasteiger partial charge in [-0.3, -0.25) is 0 Å². The number of hydrogen-bond acceptors (Lipinski definition) is 2. The molecule has 0 aromatic rings. The van der Waals surface area contributed by atoms with Gasteiger partial charge in [0.05, 0.1) is 7.11 Å². The molecule has 1 atom stereocenters. The third kappa shape index (κ3) is 1.74. The molecule has 0 saturated heterocycles. The molecule has 0 aromatic heterocycles. The first kappa shape index (κ1) is 11.0. The first-order chi connectivity index (χ1) is 6.55. The Labute approximate surface area is 85.6 Å². The topological polar surface area (TPSA) is 26.3 Å². The van der Waals surface area contributed by atoms with Crippen molar-refractivity contribution in [2.45, 2.75) is 33.6 Å². The van der Waals surface area contributed by atoms with Crippen LogP contribution >= 0.6 is 0 Å². The van der Waals surface area contributed by atoms with Crippen molar-refractivity contribution >= 4 is 5.97 Å². The Bertz CT molecular complexity index is 299. The summed E-state index contributed by atoms with van der Waals surface area (Å²) in [5.41, 5.74) is 1.82. The molecule has 14 heavy (non-hydrogen) atoms. The molecule has 0 N–H and O–H groups in total. The number of rotatable bonds is 2. The summed E-state index contributed by atoms with van der Waals surface area (Å²) in [6.07, 6.45) is 6.01. The molecule has 1 rings (SSSR count). The van der Waals surface area contributed by atoms with Crippen LogP contribution in [-0.4, -0.2) is 13.1 Å². The molecule has 0 saturated carbocycles. The summed E-state index contributed by atoms with van der Waals surface area (Å²) >= 11 is 0. The van der Waals surface area contributed by atoms with E-state index in [2.05, 4.69) is 19.9 Å². The molecule has 2 nitrogen and oxygen atoms in total. The zero-order valence-electron chi connectivity index (χ0n) is 9.39. The quantitative estimate of drug-likeness (QED) is 0.632. The molecule has 0 amide bonds. The molecule has 0 aliphatic heterocycles. The van der Waals surface area contributed by atoms with Crippen LogP contribution in [0, 0.1) is 5.41 Å². The summed E-state index contributed by atoms with van der Waals surface area (Å²) in [4.78, 5) is 11.6. The van der Waals surface area contributed by atoms with Crippen molar-refractivity contribution in [3.05, 3.63) is 23.3 Å². The zero-order valence-corrected chi connectivity index (χ0v) is 9.39. The largest absolute Gasteiger partial charge is 0.466 e. The van der Waals surface area contributed by atoms with Crippen molar-refractivity contribution < 1.29 is 9.53 Å². The van der Waals surface area contributed by atoms with Crippen LogP contribution in [0.25, 0.3) is 0 Å². The number of esters is 1. The van der Waals surface area contributed by atoms with Crippen molar-refractivity contribution in [3.63, 3.8) is 0 Å². The van der Waals surface area contributed by atoms with Crippen LogP contribution in [0.4, 0.5) is 0 Å². The van der Waals surface area contributed by atoms with Crippen molar-refractivity contribution in [2.75, 3.05) is 7.11 Å². The van der Waals surface area contributed by atoms with Gasteiger partial charge in [-0.1, -0.05) is 26.0 Å². The van der Waals surface area contributed by atoms with E-state index in [1.165, 1.54) is 7.11 Å². The highest BCUT2D eigenvalue weighted by Gasteiger charge is 2.34. The van der Waals surface area contributed by atoms with Crippen LogP contribution in [0.1, 0.15) is 33.6 Å². The molecule has 0 aromatic carbocycles. The van der Waals surface area contributed by atoms with E-state index in [0.717, 1.165) is 24.0 Å². The lowest BCUT2D eigenvalue weighted by atomic mass is 9.72. The second kappa shape index (κ2) is 3.99. The van der Waals surface area contributed by atoms with E-state index in [9.17, 15) is 4.79 Å². The number of methoxy groups -OCH3 is 1. The highest BCUT2D eigenvalue weighted by atomic mass is 16.5. The van der Waals surface area contributed by atoms with Crippen LogP contribution in [0.5, 0.6) is 0 Å². The number of carbonyl (C=O) groups is 1. The highest BCUT2D eigenvalue weighted by Crippen LogP contribution is 2.40. The molecule has 2 heteroatoms. The van der Waals surface area contributed by atoms with Gasteiger partial charge in [-0.2, -0.15) is 0 Å². The summed E-state index contributed by atoms with van der Waals surface area (Å²) in [5.74, 6) is -0.184. The Balaban J connectivity index is 3.15. The van der Waals surface area contributed by atoms with Gasteiger partial charge in [0, 0.05) is 11.0 Å². The highest BCUT2D eigenvalue weighted by molar-refractivity contribution is 5.91. The standard InChI is InChI=1S/C12H18O2/c1-5-12(3)8-6-7-9(2)10(12)11(13)14-4/h6-7H,5,8H2,1-4H3. The molecular formula is C12H18O2. The van der Waals surface area contributed by atoms with Gasteiger partial charge < -0.3 is 4.74 Å². The fourth-order valence-corrected chi connectivity index (χ4v) is 1.99. The Morgan fingerprint density at radius 1 is 1.64 bits per heavy atom. The van der Waals surface area contributed by atoms with E-state index >= 15 is 0 Å². The van der Waals surface area contributed by atoms with Crippen LogP contribution in [0.2, 0.25) is 0 Å².